The Morgan fingerprint density at radius 1 is 1.00 bits per heavy atom. The first kappa shape index (κ1) is 15.6. The predicted molar refractivity (Wildman–Crippen MR) is 92.9 cm³/mol. The molecular weight excluding hydrogens is 272 g/mol. The Kier molecular flexibility index (Phi) is 5.20. The topological polar surface area (TPSA) is 67.6 Å². The van der Waals surface area contributed by atoms with E-state index in [9.17, 15) is 0 Å². The number of aliphatic imine (C=N–C) groups is 1. The molecule has 2 aromatic rings. The summed E-state index contributed by atoms with van der Waals surface area (Å²) < 4.78 is 0. The number of para-hydroxylation sites is 1. The van der Waals surface area contributed by atoms with E-state index in [1.807, 2.05) is 50.5 Å². The molecule has 0 aliphatic carbocycles. The molecule has 0 aliphatic heterocycles. The van der Waals surface area contributed by atoms with Gasteiger partial charge in [0.2, 0.25) is 0 Å². The fourth-order valence-corrected chi connectivity index (χ4v) is 2.04. The molecule has 0 unspecified atom stereocenters. The van der Waals surface area contributed by atoms with E-state index in [2.05, 4.69) is 23.2 Å². The lowest BCUT2D eigenvalue weighted by atomic mass is 10.0. The zero-order valence-corrected chi connectivity index (χ0v) is 13.0. The first-order chi connectivity index (χ1) is 10.6. The van der Waals surface area contributed by atoms with E-state index >= 15 is 0 Å². The van der Waals surface area contributed by atoms with Gasteiger partial charge in [0.15, 0.2) is 0 Å². The van der Waals surface area contributed by atoms with Crippen LogP contribution < -0.4 is 11.5 Å². The summed E-state index contributed by atoms with van der Waals surface area (Å²) in [5.41, 5.74) is 15.1. The molecule has 0 radical (unpaired) electrons. The molecule has 4 N–H and O–H groups in total. The fraction of sp³-hybridized carbons (Fsp3) is 0.167. The molecule has 0 heterocycles. The minimum Gasteiger partial charge on any atom is -0.385 e. The van der Waals surface area contributed by atoms with Gasteiger partial charge in [0, 0.05) is 20.2 Å². The minimum atomic E-state index is 0.395. The molecule has 22 heavy (non-hydrogen) atoms. The molecule has 0 amide bonds. The van der Waals surface area contributed by atoms with Crippen LogP contribution in [0, 0.1) is 0 Å². The van der Waals surface area contributed by atoms with Crippen LogP contribution >= 0.6 is 0 Å². The SMILES string of the molecule is CN(C)C(N)=CC(N)=Nc1ccccc1Cc1ccccc1. The number of hydrogen-bond acceptors (Lipinski definition) is 3. The van der Waals surface area contributed by atoms with Crippen LogP contribution in [0.4, 0.5) is 5.69 Å². The third kappa shape index (κ3) is 4.38. The molecule has 0 aromatic heterocycles. The van der Waals surface area contributed by atoms with E-state index in [-0.39, 0.29) is 0 Å². The highest BCUT2D eigenvalue weighted by Crippen LogP contribution is 2.22. The number of hydrogen-bond donors (Lipinski definition) is 2. The summed E-state index contributed by atoms with van der Waals surface area (Å²) in [5, 5.41) is 0. The highest BCUT2D eigenvalue weighted by Gasteiger charge is 2.03. The van der Waals surface area contributed by atoms with E-state index in [0.717, 1.165) is 17.7 Å². The summed E-state index contributed by atoms with van der Waals surface area (Å²) in [6.07, 6.45) is 2.49. The van der Waals surface area contributed by atoms with E-state index in [1.54, 1.807) is 11.0 Å². The Hall–Kier alpha value is -2.75. The molecule has 0 aliphatic rings. The van der Waals surface area contributed by atoms with E-state index in [0.29, 0.717) is 11.7 Å². The molecule has 114 valence electrons. The largest absolute Gasteiger partial charge is 0.385 e. The fourth-order valence-electron chi connectivity index (χ4n) is 2.04. The monoisotopic (exact) mass is 294 g/mol. The summed E-state index contributed by atoms with van der Waals surface area (Å²) in [6.45, 7) is 0. The molecular formula is C18H22N4. The number of rotatable bonds is 5. The van der Waals surface area contributed by atoms with Crippen molar-refractivity contribution in [1.29, 1.82) is 0 Å². The van der Waals surface area contributed by atoms with Gasteiger partial charge in [-0.15, -0.1) is 0 Å². The summed E-state index contributed by atoms with van der Waals surface area (Å²) in [4.78, 5) is 6.28. The van der Waals surface area contributed by atoms with E-state index in [1.165, 1.54) is 5.56 Å². The van der Waals surface area contributed by atoms with Crippen molar-refractivity contribution in [3.8, 4) is 0 Å². The Bertz CT molecular complexity index is 672. The standard InChI is InChI=1S/C18H22N4/c1-22(2)18(20)13-17(19)21-16-11-7-6-10-15(16)12-14-8-4-3-5-9-14/h3-11,13H,12,20H2,1-2H3,(H2,19,21). The second kappa shape index (κ2) is 7.31. The van der Waals surface area contributed by atoms with Gasteiger partial charge in [0.1, 0.15) is 11.7 Å². The maximum atomic E-state index is 5.97. The molecule has 0 saturated heterocycles. The van der Waals surface area contributed by atoms with Crippen molar-refractivity contribution in [2.75, 3.05) is 14.1 Å². The van der Waals surface area contributed by atoms with Gasteiger partial charge in [0.25, 0.3) is 0 Å². The first-order valence-electron chi connectivity index (χ1n) is 7.17. The summed E-state index contributed by atoms with van der Waals surface area (Å²) in [5.74, 6) is 0.966. The van der Waals surface area contributed by atoms with Crippen LogP contribution in [0.5, 0.6) is 0 Å². The van der Waals surface area contributed by atoms with Gasteiger partial charge in [-0.3, -0.25) is 0 Å². The Morgan fingerprint density at radius 3 is 2.32 bits per heavy atom. The number of nitrogens with zero attached hydrogens (tertiary/aromatic N) is 2. The summed E-state index contributed by atoms with van der Waals surface area (Å²) >= 11 is 0. The lowest BCUT2D eigenvalue weighted by molar-refractivity contribution is 0.506. The Labute approximate surface area is 131 Å². The van der Waals surface area contributed by atoms with Crippen molar-refractivity contribution in [1.82, 2.24) is 4.90 Å². The smallest absolute Gasteiger partial charge is 0.127 e. The number of nitrogens with two attached hydrogens (primary N) is 2. The van der Waals surface area contributed by atoms with Crippen molar-refractivity contribution in [2.24, 2.45) is 16.5 Å². The zero-order valence-electron chi connectivity index (χ0n) is 13.0. The molecule has 0 saturated carbocycles. The summed E-state index contributed by atoms with van der Waals surface area (Å²) in [6, 6.07) is 18.3. The second-order valence-electron chi connectivity index (χ2n) is 5.29. The quantitative estimate of drug-likeness (QED) is 0.658. The lowest BCUT2D eigenvalue weighted by Gasteiger charge is -2.12. The van der Waals surface area contributed by atoms with Crippen molar-refractivity contribution in [3.63, 3.8) is 0 Å². The minimum absolute atomic E-state index is 0.395. The number of amidine groups is 1. The number of benzene rings is 2. The van der Waals surface area contributed by atoms with Gasteiger partial charge in [0.05, 0.1) is 5.69 Å². The van der Waals surface area contributed by atoms with Crippen LogP contribution in [0.3, 0.4) is 0 Å². The Balaban J connectivity index is 2.27. The van der Waals surface area contributed by atoms with E-state index < -0.39 is 0 Å². The molecule has 2 aromatic carbocycles. The van der Waals surface area contributed by atoms with Crippen molar-refractivity contribution < 1.29 is 0 Å². The average molecular weight is 294 g/mol. The third-order valence-corrected chi connectivity index (χ3v) is 3.29. The van der Waals surface area contributed by atoms with Gasteiger partial charge in [-0.05, 0) is 23.6 Å². The molecule has 0 fully saturated rings. The van der Waals surface area contributed by atoms with Crippen LogP contribution in [0.15, 0.2) is 71.5 Å². The molecule has 4 nitrogen and oxygen atoms in total. The van der Waals surface area contributed by atoms with Crippen molar-refractivity contribution in [3.05, 3.63) is 77.6 Å². The van der Waals surface area contributed by atoms with Crippen LogP contribution in [0.25, 0.3) is 0 Å². The molecule has 2 rings (SSSR count). The first-order valence-corrected chi connectivity index (χ1v) is 7.17. The second-order valence-corrected chi connectivity index (χ2v) is 5.29. The third-order valence-electron chi connectivity index (χ3n) is 3.29. The Morgan fingerprint density at radius 2 is 1.64 bits per heavy atom. The van der Waals surface area contributed by atoms with Crippen LogP contribution in [-0.2, 0) is 6.42 Å². The van der Waals surface area contributed by atoms with Gasteiger partial charge >= 0.3 is 0 Å². The van der Waals surface area contributed by atoms with Gasteiger partial charge in [-0.25, -0.2) is 4.99 Å². The maximum absolute atomic E-state index is 5.97. The summed E-state index contributed by atoms with van der Waals surface area (Å²) in [7, 11) is 3.73. The van der Waals surface area contributed by atoms with Crippen molar-refractivity contribution >= 4 is 11.5 Å². The van der Waals surface area contributed by atoms with Crippen LogP contribution in [0.2, 0.25) is 0 Å². The van der Waals surface area contributed by atoms with Crippen LogP contribution in [-0.4, -0.2) is 24.8 Å². The average Bonchev–Trinajstić information content (AvgIpc) is 2.50. The molecule has 4 heteroatoms. The normalized spacial score (nSPS) is 12.3. The van der Waals surface area contributed by atoms with Gasteiger partial charge < -0.3 is 16.4 Å². The zero-order chi connectivity index (χ0) is 15.9. The molecule has 0 spiro atoms. The van der Waals surface area contributed by atoms with E-state index in [4.69, 9.17) is 11.5 Å². The van der Waals surface area contributed by atoms with Crippen molar-refractivity contribution in [2.45, 2.75) is 6.42 Å². The van der Waals surface area contributed by atoms with Gasteiger partial charge in [-0.2, -0.15) is 0 Å². The molecule has 0 atom stereocenters. The highest BCUT2D eigenvalue weighted by molar-refractivity contribution is 5.94. The van der Waals surface area contributed by atoms with Crippen LogP contribution in [0.1, 0.15) is 11.1 Å². The molecule has 0 bridgehead atoms. The maximum Gasteiger partial charge on any atom is 0.127 e. The highest BCUT2D eigenvalue weighted by atomic mass is 15.1. The lowest BCUT2D eigenvalue weighted by Crippen LogP contribution is -2.21. The predicted octanol–water partition coefficient (Wildman–Crippen LogP) is 2.63. The van der Waals surface area contributed by atoms with Gasteiger partial charge in [-0.1, -0.05) is 48.5 Å².